The van der Waals surface area contributed by atoms with E-state index in [1.54, 1.807) is 11.3 Å². The zero-order chi connectivity index (χ0) is 17.2. The second-order valence-electron chi connectivity index (χ2n) is 6.00. The third-order valence-electron chi connectivity index (χ3n) is 4.41. The molecule has 2 heteroatoms. The lowest BCUT2D eigenvalue weighted by atomic mass is 9.88. The van der Waals surface area contributed by atoms with Gasteiger partial charge in [-0.25, -0.2) is 0 Å². The molecule has 0 atom stereocenters. The molecule has 0 aliphatic heterocycles. The summed E-state index contributed by atoms with van der Waals surface area (Å²) in [5.41, 5.74) is 7.29. The summed E-state index contributed by atoms with van der Waals surface area (Å²) in [7, 11) is 0. The largest absolute Gasteiger partial charge is 0.144 e. The van der Waals surface area contributed by atoms with Crippen molar-refractivity contribution < 1.29 is 0 Å². The van der Waals surface area contributed by atoms with E-state index >= 15 is 0 Å². The predicted molar refractivity (Wildman–Crippen MR) is 110 cm³/mol. The molecule has 0 aliphatic rings. The third-order valence-corrected chi connectivity index (χ3v) is 5.62. The molecule has 0 amide bonds. The van der Waals surface area contributed by atoms with Crippen LogP contribution in [0.1, 0.15) is 5.56 Å². The Kier molecular flexibility index (Phi) is 4.44. The van der Waals surface area contributed by atoms with Gasteiger partial charge in [-0.2, -0.15) is 0 Å². The average Bonchev–Trinajstić information content (AvgIpc) is 3.17. The van der Waals surface area contributed by atoms with Gasteiger partial charge in [-0.1, -0.05) is 78.3 Å². The van der Waals surface area contributed by atoms with Crippen LogP contribution in [0.25, 0.3) is 32.7 Å². The standard InChI is InChI=1S/C23H17ClS/c1-16-13-14-19(18-10-5-6-11-20(18)24)23(21-12-7-15-25-21)22(16)17-8-3-2-4-9-17/h2-15H,1H3. The van der Waals surface area contributed by atoms with E-state index < -0.39 is 0 Å². The molecule has 4 aromatic rings. The second-order valence-corrected chi connectivity index (χ2v) is 7.36. The van der Waals surface area contributed by atoms with Crippen LogP contribution in [0.2, 0.25) is 5.02 Å². The van der Waals surface area contributed by atoms with Crippen LogP contribution in [0.4, 0.5) is 0 Å². The molecule has 0 unspecified atom stereocenters. The van der Waals surface area contributed by atoms with Gasteiger partial charge in [0.25, 0.3) is 0 Å². The first-order valence-corrected chi connectivity index (χ1v) is 9.49. The van der Waals surface area contributed by atoms with Crippen molar-refractivity contribution in [1.82, 2.24) is 0 Å². The van der Waals surface area contributed by atoms with Crippen molar-refractivity contribution in [3.63, 3.8) is 0 Å². The van der Waals surface area contributed by atoms with Gasteiger partial charge in [-0.3, -0.25) is 0 Å². The molecule has 0 radical (unpaired) electrons. The molecule has 0 saturated heterocycles. The fraction of sp³-hybridized carbons (Fsp3) is 0.0435. The Morgan fingerprint density at radius 3 is 2.16 bits per heavy atom. The summed E-state index contributed by atoms with van der Waals surface area (Å²) in [5.74, 6) is 0. The number of hydrogen-bond acceptors (Lipinski definition) is 1. The molecule has 122 valence electrons. The van der Waals surface area contributed by atoms with Gasteiger partial charge < -0.3 is 0 Å². The Bertz CT molecular complexity index is 1000. The Balaban J connectivity index is 2.09. The lowest BCUT2D eigenvalue weighted by Gasteiger charge is -2.18. The lowest BCUT2D eigenvalue weighted by Crippen LogP contribution is -1.92. The third kappa shape index (κ3) is 3.02. The summed E-state index contributed by atoms with van der Waals surface area (Å²) in [6.45, 7) is 2.18. The molecule has 0 bridgehead atoms. The fourth-order valence-corrected chi connectivity index (χ4v) is 4.29. The van der Waals surface area contributed by atoms with Gasteiger partial charge in [0.1, 0.15) is 0 Å². The number of benzene rings is 3. The summed E-state index contributed by atoms with van der Waals surface area (Å²) in [5, 5.41) is 2.91. The van der Waals surface area contributed by atoms with E-state index in [1.165, 1.54) is 32.7 Å². The minimum atomic E-state index is 0.781. The lowest BCUT2D eigenvalue weighted by molar-refractivity contribution is 1.45. The van der Waals surface area contributed by atoms with E-state index in [2.05, 4.69) is 73.0 Å². The van der Waals surface area contributed by atoms with Gasteiger partial charge in [0, 0.05) is 21.0 Å². The Hall–Kier alpha value is -2.35. The van der Waals surface area contributed by atoms with Crippen molar-refractivity contribution in [1.29, 1.82) is 0 Å². The van der Waals surface area contributed by atoms with Crippen molar-refractivity contribution in [2.75, 3.05) is 0 Å². The van der Waals surface area contributed by atoms with Crippen LogP contribution >= 0.6 is 22.9 Å². The normalized spacial score (nSPS) is 10.8. The second kappa shape index (κ2) is 6.87. The highest BCUT2D eigenvalue weighted by molar-refractivity contribution is 7.13. The predicted octanol–water partition coefficient (Wildman–Crippen LogP) is 7.71. The maximum Gasteiger partial charge on any atom is 0.0484 e. The highest BCUT2D eigenvalue weighted by Crippen LogP contribution is 2.44. The smallest absolute Gasteiger partial charge is 0.0484 e. The maximum absolute atomic E-state index is 6.53. The first-order chi connectivity index (χ1) is 12.3. The van der Waals surface area contributed by atoms with Crippen LogP contribution < -0.4 is 0 Å². The molecule has 1 aromatic heterocycles. The van der Waals surface area contributed by atoms with Gasteiger partial charge in [-0.15, -0.1) is 11.3 Å². The zero-order valence-electron chi connectivity index (χ0n) is 13.9. The quantitative estimate of drug-likeness (QED) is 0.351. The van der Waals surface area contributed by atoms with Crippen LogP contribution in [-0.4, -0.2) is 0 Å². The van der Waals surface area contributed by atoms with E-state index in [0.29, 0.717) is 0 Å². The van der Waals surface area contributed by atoms with Gasteiger partial charge in [0.2, 0.25) is 0 Å². The Labute approximate surface area is 157 Å². The molecule has 0 nitrogen and oxygen atoms in total. The van der Waals surface area contributed by atoms with Crippen LogP contribution in [0.5, 0.6) is 0 Å². The van der Waals surface area contributed by atoms with Gasteiger partial charge in [-0.05, 0) is 46.7 Å². The highest BCUT2D eigenvalue weighted by atomic mass is 35.5. The molecule has 0 fully saturated rings. The van der Waals surface area contributed by atoms with Crippen LogP contribution in [0, 0.1) is 6.92 Å². The monoisotopic (exact) mass is 360 g/mol. The van der Waals surface area contributed by atoms with E-state index in [1.807, 2.05) is 18.2 Å². The molecule has 3 aromatic carbocycles. The summed E-state index contributed by atoms with van der Waals surface area (Å²) in [6, 6.07) is 27.3. The number of thiophene rings is 1. The van der Waals surface area contributed by atoms with Crippen LogP contribution in [-0.2, 0) is 0 Å². The van der Waals surface area contributed by atoms with Crippen molar-refractivity contribution in [3.05, 3.63) is 94.8 Å². The van der Waals surface area contributed by atoms with Gasteiger partial charge >= 0.3 is 0 Å². The molecule has 4 rings (SSSR count). The highest BCUT2D eigenvalue weighted by Gasteiger charge is 2.18. The fourth-order valence-electron chi connectivity index (χ4n) is 3.26. The van der Waals surface area contributed by atoms with Gasteiger partial charge in [0.05, 0.1) is 0 Å². The maximum atomic E-state index is 6.53. The minimum Gasteiger partial charge on any atom is -0.144 e. The summed E-state index contributed by atoms with van der Waals surface area (Å²) in [4.78, 5) is 1.26. The van der Waals surface area contributed by atoms with E-state index in [0.717, 1.165) is 10.6 Å². The first-order valence-electron chi connectivity index (χ1n) is 8.23. The number of aryl methyl sites for hydroxylation is 1. The van der Waals surface area contributed by atoms with Crippen molar-refractivity contribution in [2.24, 2.45) is 0 Å². The van der Waals surface area contributed by atoms with Gasteiger partial charge in [0.15, 0.2) is 0 Å². The molecular formula is C23H17ClS. The number of hydrogen-bond donors (Lipinski definition) is 0. The average molecular weight is 361 g/mol. The van der Waals surface area contributed by atoms with Crippen LogP contribution in [0.15, 0.2) is 84.2 Å². The summed E-state index contributed by atoms with van der Waals surface area (Å²) in [6.07, 6.45) is 0. The molecule has 0 aliphatic carbocycles. The summed E-state index contributed by atoms with van der Waals surface area (Å²) < 4.78 is 0. The van der Waals surface area contributed by atoms with E-state index in [-0.39, 0.29) is 0 Å². The van der Waals surface area contributed by atoms with Crippen LogP contribution in [0.3, 0.4) is 0 Å². The number of rotatable bonds is 3. The van der Waals surface area contributed by atoms with Crippen molar-refractivity contribution in [2.45, 2.75) is 6.92 Å². The topological polar surface area (TPSA) is 0 Å². The minimum absolute atomic E-state index is 0.781. The van der Waals surface area contributed by atoms with E-state index in [4.69, 9.17) is 11.6 Å². The molecule has 0 spiro atoms. The molecule has 0 N–H and O–H groups in total. The molecule has 0 saturated carbocycles. The first kappa shape index (κ1) is 16.1. The Morgan fingerprint density at radius 2 is 1.44 bits per heavy atom. The molecular weight excluding hydrogens is 344 g/mol. The number of halogens is 1. The molecule has 1 heterocycles. The van der Waals surface area contributed by atoms with Crippen molar-refractivity contribution in [3.8, 4) is 32.7 Å². The Morgan fingerprint density at radius 1 is 0.680 bits per heavy atom. The SMILES string of the molecule is Cc1ccc(-c2ccccc2Cl)c(-c2cccs2)c1-c1ccccc1. The van der Waals surface area contributed by atoms with E-state index in [9.17, 15) is 0 Å². The zero-order valence-corrected chi connectivity index (χ0v) is 15.4. The molecule has 25 heavy (non-hydrogen) atoms. The summed E-state index contributed by atoms with van der Waals surface area (Å²) >= 11 is 8.30. The van der Waals surface area contributed by atoms with Crippen molar-refractivity contribution >= 4 is 22.9 Å².